The van der Waals surface area contributed by atoms with Gasteiger partial charge in [-0.25, -0.2) is 13.2 Å². The predicted molar refractivity (Wildman–Crippen MR) is 68.1 cm³/mol. The summed E-state index contributed by atoms with van der Waals surface area (Å²) >= 11 is 0. The first kappa shape index (κ1) is 15.5. The maximum Gasteiger partial charge on any atom is 0.371 e. The van der Waals surface area contributed by atoms with E-state index in [-0.39, 0.29) is 30.4 Å². The van der Waals surface area contributed by atoms with Gasteiger partial charge in [-0.3, -0.25) is 4.79 Å². The van der Waals surface area contributed by atoms with Crippen molar-refractivity contribution in [3.05, 3.63) is 17.6 Å². The summed E-state index contributed by atoms with van der Waals surface area (Å²) in [6.07, 6.45) is 0. The zero-order valence-electron chi connectivity index (χ0n) is 11.1. The Morgan fingerprint density at radius 3 is 2.67 bits per heavy atom. The summed E-state index contributed by atoms with van der Waals surface area (Å²) in [5, 5.41) is 8.84. The summed E-state index contributed by atoms with van der Waals surface area (Å²) in [6, 6.07) is -0.216. The van der Waals surface area contributed by atoms with Crippen LogP contribution in [-0.2, 0) is 19.6 Å². The lowest BCUT2D eigenvalue weighted by atomic mass is 10.3. The average molecular weight is 318 g/mol. The number of hydrogen-bond acceptors (Lipinski definition) is 6. The molecule has 1 aliphatic rings. The first-order valence-corrected chi connectivity index (χ1v) is 7.41. The first-order valence-electron chi connectivity index (χ1n) is 5.97. The van der Waals surface area contributed by atoms with Crippen molar-refractivity contribution in [1.82, 2.24) is 4.31 Å². The topological polar surface area (TPSA) is 140 Å². The number of ether oxygens (including phenoxy) is 1. The molecule has 0 aromatic carbocycles. The summed E-state index contributed by atoms with van der Waals surface area (Å²) in [5.41, 5.74) is 5.18. The molecule has 1 aliphatic heterocycles. The largest absolute Gasteiger partial charge is 0.475 e. The number of primary amides is 1. The Hall–Kier alpha value is -1.91. The van der Waals surface area contributed by atoms with Gasteiger partial charge in [-0.05, 0) is 6.92 Å². The number of furan rings is 1. The molecule has 21 heavy (non-hydrogen) atoms. The Morgan fingerprint density at radius 1 is 1.48 bits per heavy atom. The lowest BCUT2D eigenvalue weighted by molar-refractivity contribution is -0.125. The molecule has 116 valence electrons. The van der Waals surface area contributed by atoms with Gasteiger partial charge in [-0.2, -0.15) is 4.31 Å². The van der Waals surface area contributed by atoms with Crippen LogP contribution in [0.3, 0.4) is 0 Å². The molecular weight excluding hydrogens is 304 g/mol. The Labute approximate surface area is 120 Å². The van der Waals surface area contributed by atoms with E-state index in [1.165, 1.54) is 6.92 Å². The highest BCUT2D eigenvalue weighted by atomic mass is 32.2. The van der Waals surface area contributed by atoms with Gasteiger partial charge in [0.2, 0.25) is 21.7 Å². The van der Waals surface area contributed by atoms with Crippen molar-refractivity contribution in [2.24, 2.45) is 5.73 Å². The van der Waals surface area contributed by atoms with Crippen molar-refractivity contribution in [1.29, 1.82) is 0 Å². The summed E-state index contributed by atoms with van der Waals surface area (Å²) in [5.74, 6) is -2.78. The predicted octanol–water partition coefficient (Wildman–Crippen LogP) is -0.839. The number of rotatable bonds is 4. The molecular formula is C11H14N2O7S. The smallest absolute Gasteiger partial charge is 0.371 e. The molecule has 0 aliphatic carbocycles. The molecule has 2 heterocycles. The Kier molecular flexibility index (Phi) is 4.03. The lowest BCUT2D eigenvalue weighted by Gasteiger charge is -2.32. The van der Waals surface area contributed by atoms with Gasteiger partial charge < -0.3 is 20.0 Å². The van der Waals surface area contributed by atoms with E-state index in [0.717, 1.165) is 10.4 Å². The van der Waals surface area contributed by atoms with E-state index in [9.17, 15) is 18.0 Å². The number of carboxylic acids is 1. The second-order valence-electron chi connectivity index (χ2n) is 4.45. The SMILES string of the molecule is Cc1oc(C(=O)O)cc1S(=O)(=O)N1CCOCC1C(N)=O. The van der Waals surface area contributed by atoms with Crippen LogP contribution in [0.4, 0.5) is 0 Å². The molecule has 10 heteroatoms. The average Bonchev–Trinajstić information content (AvgIpc) is 2.81. The molecule has 3 N–H and O–H groups in total. The van der Waals surface area contributed by atoms with Crippen LogP contribution in [0.5, 0.6) is 0 Å². The van der Waals surface area contributed by atoms with E-state index in [2.05, 4.69) is 0 Å². The number of carbonyl (C=O) groups excluding carboxylic acids is 1. The highest BCUT2D eigenvalue weighted by molar-refractivity contribution is 7.89. The zero-order valence-corrected chi connectivity index (χ0v) is 11.9. The molecule has 0 bridgehead atoms. The van der Waals surface area contributed by atoms with Gasteiger partial charge in [0.05, 0.1) is 13.2 Å². The van der Waals surface area contributed by atoms with Crippen LogP contribution in [0.15, 0.2) is 15.4 Å². The number of sulfonamides is 1. The fraction of sp³-hybridized carbons (Fsp3) is 0.455. The molecule has 0 radical (unpaired) electrons. The van der Waals surface area contributed by atoms with Crippen LogP contribution in [0, 0.1) is 6.92 Å². The maximum absolute atomic E-state index is 12.6. The minimum absolute atomic E-state index is 0.0526. The third-order valence-corrected chi connectivity index (χ3v) is 5.09. The van der Waals surface area contributed by atoms with Crippen LogP contribution < -0.4 is 5.73 Å². The zero-order chi connectivity index (χ0) is 15.8. The molecule has 1 saturated heterocycles. The number of aryl methyl sites for hydroxylation is 1. The van der Waals surface area contributed by atoms with E-state index in [0.29, 0.717) is 0 Å². The highest BCUT2D eigenvalue weighted by Crippen LogP contribution is 2.26. The molecule has 1 atom stereocenters. The van der Waals surface area contributed by atoms with Crippen molar-refractivity contribution >= 4 is 21.9 Å². The standard InChI is InChI=1S/C11H14N2O7S/c1-6-9(4-8(20-6)11(15)16)21(17,18)13-2-3-19-5-7(13)10(12)14/h4,7H,2-3,5H2,1H3,(H2,12,14)(H,15,16). The molecule has 1 aromatic heterocycles. The summed E-state index contributed by atoms with van der Waals surface area (Å²) in [7, 11) is -4.10. The molecule has 0 saturated carbocycles. The number of nitrogens with zero attached hydrogens (tertiary/aromatic N) is 1. The van der Waals surface area contributed by atoms with Crippen LogP contribution in [0.25, 0.3) is 0 Å². The number of carboxylic acid groups (broad SMARTS) is 1. The highest BCUT2D eigenvalue weighted by Gasteiger charge is 2.39. The van der Waals surface area contributed by atoms with Crippen molar-refractivity contribution in [2.75, 3.05) is 19.8 Å². The molecule has 9 nitrogen and oxygen atoms in total. The number of morpholine rings is 1. The second-order valence-corrected chi connectivity index (χ2v) is 6.30. The Balaban J connectivity index is 2.45. The van der Waals surface area contributed by atoms with Crippen molar-refractivity contribution in [3.8, 4) is 0 Å². The van der Waals surface area contributed by atoms with E-state index in [4.69, 9.17) is 20.0 Å². The van der Waals surface area contributed by atoms with E-state index in [1.54, 1.807) is 0 Å². The Morgan fingerprint density at radius 2 is 2.14 bits per heavy atom. The molecule has 0 spiro atoms. The monoisotopic (exact) mass is 318 g/mol. The fourth-order valence-corrected chi connectivity index (χ4v) is 3.78. The van der Waals surface area contributed by atoms with Crippen LogP contribution in [0.1, 0.15) is 16.3 Å². The van der Waals surface area contributed by atoms with Gasteiger partial charge in [-0.1, -0.05) is 0 Å². The number of hydrogen-bond donors (Lipinski definition) is 2. The van der Waals surface area contributed by atoms with Gasteiger partial charge in [0, 0.05) is 12.6 Å². The number of carbonyl (C=O) groups is 2. The quantitative estimate of drug-likeness (QED) is 0.737. The number of amides is 1. The molecule has 1 fully saturated rings. The molecule has 1 unspecified atom stereocenters. The molecule has 2 rings (SSSR count). The van der Waals surface area contributed by atoms with Crippen molar-refractivity contribution in [2.45, 2.75) is 17.9 Å². The summed E-state index contributed by atoms with van der Waals surface area (Å²) in [6.45, 7) is 1.25. The van der Waals surface area contributed by atoms with Gasteiger partial charge in [0.15, 0.2) is 0 Å². The van der Waals surface area contributed by atoms with Crippen LogP contribution in [0.2, 0.25) is 0 Å². The Bertz CT molecular complexity index is 679. The first-order chi connectivity index (χ1) is 9.75. The van der Waals surface area contributed by atoms with E-state index >= 15 is 0 Å². The minimum Gasteiger partial charge on any atom is -0.475 e. The fourth-order valence-electron chi connectivity index (χ4n) is 2.05. The minimum atomic E-state index is -4.10. The normalized spacial score (nSPS) is 20.3. The van der Waals surface area contributed by atoms with E-state index in [1.807, 2.05) is 0 Å². The van der Waals surface area contributed by atoms with Crippen molar-refractivity contribution < 1.29 is 32.3 Å². The summed E-state index contributed by atoms with van der Waals surface area (Å²) < 4.78 is 36.0. The molecule has 1 aromatic rings. The number of aromatic carboxylic acids is 1. The van der Waals surface area contributed by atoms with Crippen molar-refractivity contribution in [3.63, 3.8) is 0 Å². The second kappa shape index (κ2) is 5.47. The van der Waals surface area contributed by atoms with Gasteiger partial charge in [0.1, 0.15) is 16.7 Å². The number of nitrogens with two attached hydrogens (primary N) is 1. The van der Waals surface area contributed by atoms with Crippen LogP contribution >= 0.6 is 0 Å². The lowest BCUT2D eigenvalue weighted by Crippen LogP contribution is -2.54. The van der Waals surface area contributed by atoms with Gasteiger partial charge in [0.25, 0.3) is 0 Å². The maximum atomic E-state index is 12.6. The van der Waals surface area contributed by atoms with E-state index < -0.39 is 33.7 Å². The molecule has 1 amide bonds. The van der Waals surface area contributed by atoms with Crippen LogP contribution in [-0.4, -0.2) is 55.5 Å². The van der Waals surface area contributed by atoms with Gasteiger partial charge >= 0.3 is 5.97 Å². The summed E-state index contributed by atoms with van der Waals surface area (Å²) in [4.78, 5) is 21.9. The van der Waals surface area contributed by atoms with Gasteiger partial charge in [-0.15, -0.1) is 0 Å². The third kappa shape index (κ3) is 2.77. The third-order valence-electron chi connectivity index (χ3n) is 3.08.